The average molecular weight is 231 g/mol. The van der Waals surface area contributed by atoms with Crippen molar-refractivity contribution in [2.24, 2.45) is 0 Å². The van der Waals surface area contributed by atoms with Gasteiger partial charge in [0.15, 0.2) is 0 Å². The Morgan fingerprint density at radius 3 is 2.73 bits per heavy atom. The third-order valence-corrected chi connectivity index (χ3v) is 2.94. The Kier molecular flexibility index (Phi) is 2.48. The molecule has 0 aliphatic heterocycles. The number of benzene rings is 1. The number of aliphatic hydroxyl groups excluding tert-OH is 1. The van der Waals surface area contributed by atoms with E-state index in [1.807, 2.05) is 0 Å². The van der Waals surface area contributed by atoms with E-state index in [0.717, 1.165) is 12.8 Å². The molecule has 82 valence electrons. The molecule has 0 saturated heterocycles. The Morgan fingerprint density at radius 1 is 1.53 bits per heavy atom. The SMILES string of the molecule is Nc1cc(F)c(Cl)cc1NC1(CO)CC1. The summed E-state index contributed by atoms with van der Waals surface area (Å²) in [4.78, 5) is 0. The van der Waals surface area contributed by atoms with Crippen LogP contribution in [0.15, 0.2) is 12.1 Å². The summed E-state index contributed by atoms with van der Waals surface area (Å²) < 4.78 is 13.0. The molecule has 0 atom stereocenters. The van der Waals surface area contributed by atoms with E-state index in [2.05, 4.69) is 5.32 Å². The van der Waals surface area contributed by atoms with Gasteiger partial charge in [-0.15, -0.1) is 0 Å². The van der Waals surface area contributed by atoms with Gasteiger partial charge in [0.25, 0.3) is 0 Å². The zero-order valence-electron chi connectivity index (χ0n) is 8.06. The van der Waals surface area contributed by atoms with Gasteiger partial charge in [0.05, 0.1) is 28.5 Å². The highest BCUT2D eigenvalue weighted by molar-refractivity contribution is 6.31. The minimum Gasteiger partial charge on any atom is -0.397 e. The normalized spacial score (nSPS) is 17.5. The molecule has 0 heterocycles. The zero-order chi connectivity index (χ0) is 11.1. The predicted octanol–water partition coefficient (Wildman–Crippen LogP) is 2.00. The molecule has 15 heavy (non-hydrogen) atoms. The molecular formula is C10H12ClFN2O. The number of halogens is 2. The van der Waals surface area contributed by atoms with Gasteiger partial charge in [-0.05, 0) is 18.9 Å². The molecule has 0 aromatic heterocycles. The number of aliphatic hydroxyl groups is 1. The van der Waals surface area contributed by atoms with Crippen LogP contribution in [0.3, 0.4) is 0 Å². The minimum atomic E-state index is -0.534. The Hall–Kier alpha value is -1.00. The summed E-state index contributed by atoms with van der Waals surface area (Å²) in [6.07, 6.45) is 1.77. The van der Waals surface area contributed by atoms with Gasteiger partial charge in [0.1, 0.15) is 5.82 Å². The number of hydrogen-bond donors (Lipinski definition) is 3. The lowest BCUT2D eigenvalue weighted by Gasteiger charge is -2.17. The van der Waals surface area contributed by atoms with E-state index in [1.165, 1.54) is 12.1 Å². The summed E-state index contributed by atoms with van der Waals surface area (Å²) in [6.45, 7) is 0.0431. The third-order valence-electron chi connectivity index (χ3n) is 2.65. The Morgan fingerprint density at radius 2 is 2.20 bits per heavy atom. The molecule has 2 rings (SSSR count). The highest BCUT2D eigenvalue weighted by Gasteiger charge is 2.42. The predicted molar refractivity (Wildman–Crippen MR) is 58.5 cm³/mol. The van der Waals surface area contributed by atoms with Crippen molar-refractivity contribution < 1.29 is 9.50 Å². The molecule has 0 bridgehead atoms. The van der Waals surface area contributed by atoms with Crippen LogP contribution in [0.4, 0.5) is 15.8 Å². The molecule has 1 fully saturated rings. The fourth-order valence-corrected chi connectivity index (χ4v) is 1.59. The second kappa shape index (κ2) is 3.54. The quantitative estimate of drug-likeness (QED) is 0.696. The van der Waals surface area contributed by atoms with Gasteiger partial charge in [-0.25, -0.2) is 4.39 Å². The lowest BCUT2D eigenvalue weighted by Crippen LogP contribution is -2.26. The first-order chi connectivity index (χ1) is 7.06. The molecule has 1 saturated carbocycles. The summed E-state index contributed by atoms with van der Waals surface area (Å²) in [6, 6.07) is 2.63. The lowest BCUT2D eigenvalue weighted by atomic mass is 10.2. The van der Waals surface area contributed by atoms with Gasteiger partial charge in [-0.1, -0.05) is 11.6 Å². The van der Waals surface area contributed by atoms with Crippen molar-refractivity contribution in [3.05, 3.63) is 23.0 Å². The van der Waals surface area contributed by atoms with Crippen molar-refractivity contribution in [3.8, 4) is 0 Å². The van der Waals surface area contributed by atoms with Crippen molar-refractivity contribution in [2.75, 3.05) is 17.7 Å². The van der Waals surface area contributed by atoms with Gasteiger partial charge in [-0.2, -0.15) is 0 Å². The summed E-state index contributed by atoms with van der Waals surface area (Å²) in [5.41, 5.74) is 6.23. The maximum Gasteiger partial charge on any atom is 0.143 e. The first kappa shape index (κ1) is 10.5. The van der Waals surface area contributed by atoms with Gasteiger partial charge in [0.2, 0.25) is 0 Å². The van der Waals surface area contributed by atoms with E-state index < -0.39 is 5.82 Å². The highest BCUT2D eigenvalue weighted by Crippen LogP contribution is 2.40. The van der Waals surface area contributed by atoms with E-state index in [4.69, 9.17) is 22.4 Å². The average Bonchev–Trinajstić information content (AvgIpc) is 2.95. The maximum atomic E-state index is 13.0. The van der Waals surface area contributed by atoms with Gasteiger partial charge in [-0.3, -0.25) is 0 Å². The van der Waals surface area contributed by atoms with Crippen molar-refractivity contribution in [1.29, 1.82) is 0 Å². The number of nitrogen functional groups attached to an aromatic ring is 1. The second-order valence-electron chi connectivity index (χ2n) is 3.92. The maximum absolute atomic E-state index is 13.0. The summed E-state index contributed by atoms with van der Waals surface area (Å²) in [5, 5.41) is 12.2. The standard InChI is InChI=1S/C10H12ClFN2O/c11-6-3-9(8(13)4-7(6)12)14-10(5-15)1-2-10/h3-4,14-15H,1-2,5,13H2. The van der Waals surface area contributed by atoms with Crippen molar-refractivity contribution >= 4 is 23.0 Å². The van der Waals surface area contributed by atoms with Gasteiger partial charge < -0.3 is 16.2 Å². The van der Waals surface area contributed by atoms with Crippen molar-refractivity contribution in [2.45, 2.75) is 18.4 Å². The molecule has 0 spiro atoms. The first-order valence-electron chi connectivity index (χ1n) is 4.70. The molecule has 1 aromatic rings. The van der Waals surface area contributed by atoms with E-state index in [-0.39, 0.29) is 17.2 Å². The van der Waals surface area contributed by atoms with Crippen LogP contribution in [-0.4, -0.2) is 17.3 Å². The summed E-state index contributed by atoms with van der Waals surface area (Å²) in [5.74, 6) is -0.534. The van der Waals surface area contributed by atoms with Crippen LogP contribution in [0.2, 0.25) is 5.02 Å². The Balaban J connectivity index is 2.25. The highest BCUT2D eigenvalue weighted by atomic mass is 35.5. The van der Waals surface area contributed by atoms with Crippen LogP contribution in [0, 0.1) is 5.82 Å². The number of nitrogens with one attached hydrogen (secondary N) is 1. The van der Waals surface area contributed by atoms with Crippen LogP contribution >= 0.6 is 11.6 Å². The fraction of sp³-hybridized carbons (Fsp3) is 0.400. The van der Waals surface area contributed by atoms with Crippen LogP contribution < -0.4 is 11.1 Å². The summed E-state index contributed by atoms with van der Waals surface area (Å²) >= 11 is 5.65. The molecule has 1 aliphatic rings. The van der Waals surface area contributed by atoms with Crippen molar-refractivity contribution in [1.82, 2.24) is 0 Å². The van der Waals surface area contributed by atoms with Crippen LogP contribution in [-0.2, 0) is 0 Å². The molecular weight excluding hydrogens is 219 g/mol. The van der Waals surface area contributed by atoms with Crippen LogP contribution in [0.5, 0.6) is 0 Å². The molecule has 0 amide bonds. The van der Waals surface area contributed by atoms with Crippen LogP contribution in [0.25, 0.3) is 0 Å². The van der Waals surface area contributed by atoms with E-state index >= 15 is 0 Å². The van der Waals surface area contributed by atoms with Gasteiger partial charge in [0, 0.05) is 6.07 Å². The number of rotatable bonds is 3. The number of anilines is 2. The topological polar surface area (TPSA) is 58.3 Å². The second-order valence-corrected chi connectivity index (χ2v) is 4.32. The molecule has 4 N–H and O–H groups in total. The van der Waals surface area contributed by atoms with E-state index in [0.29, 0.717) is 11.4 Å². The molecule has 5 heteroatoms. The largest absolute Gasteiger partial charge is 0.397 e. The Bertz CT molecular complexity index is 393. The zero-order valence-corrected chi connectivity index (χ0v) is 8.81. The summed E-state index contributed by atoms with van der Waals surface area (Å²) in [7, 11) is 0. The van der Waals surface area contributed by atoms with Crippen LogP contribution in [0.1, 0.15) is 12.8 Å². The fourth-order valence-electron chi connectivity index (χ4n) is 1.43. The lowest BCUT2D eigenvalue weighted by molar-refractivity contribution is 0.266. The number of nitrogens with two attached hydrogens (primary N) is 1. The van der Waals surface area contributed by atoms with Gasteiger partial charge >= 0.3 is 0 Å². The van der Waals surface area contributed by atoms with Crippen molar-refractivity contribution in [3.63, 3.8) is 0 Å². The third kappa shape index (κ3) is 2.01. The Labute approximate surface area is 92.0 Å². The van der Waals surface area contributed by atoms with E-state index in [9.17, 15) is 4.39 Å². The molecule has 0 unspecified atom stereocenters. The molecule has 0 radical (unpaired) electrons. The monoisotopic (exact) mass is 230 g/mol. The number of hydrogen-bond acceptors (Lipinski definition) is 3. The molecule has 1 aliphatic carbocycles. The smallest absolute Gasteiger partial charge is 0.143 e. The molecule has 3 nitrogen and oxygen atoms in total. The first-order valence-corrected chi connectivity index (χ1v) is 5.08. The van der Waals surface area contributed by atoms with E-state index in [1.54, 1.807) is 0 Å². The molecule has 1 aromatic carbocycles. The minimum absolute atomic E-state index is 0.0282.